The van der Waals surface area contributed by atoms with E-state index in [4.69, 9.17) is 5.11 Å². The van der Waals surface area contributed by atoms with Gasteiger partial charge in [0, 0.05) is 13.0 Å². The first-order valence-corrected chi connectivity index (χ1v) is 7.08. The van der Waals surface area contributed by atoms with Crippen LogP contribution in [0.5, 0.6) is 0 Å². The van der Waals surface area contributed by atoms with Crippen molar-refractivity contribution in [2.75, 3.05) is 13.1 Å². The summed E-state index contributed by atoms with van der Waals surface area (Å²) in [7, 11) is 0. The Kier molecular flexibility index (Phi) is 5.79. The Morgan fingerprint density at radius 3 is 2.58 bits per heavy atom. The van der Waals surface area contributed by atoms with E-state index in [0.29, 0.717) is 12.5 Å². The van der Waals surface area contributed by atoms with Gasteiger partial charge in [-0.2, -0.15) is 0 Å². The molecule has 5 nitrogen and oxygen atoms in total. The minimum absolute atomic E-state index is 0.00598. The van der Waals surface area contributed by atoms with Gasteiger partial charge in [-0.1, -0.05) is 13.8 Å². The minimum Gasteiger partial charge on any atom is -0.481 e. The molecule has 3 N–H and O–H groups in total. The lowest BCUT2D eigenvalue weighted by atomic mass is 9.93. The summed E-state index contributed by atoms with van der Waals surface area (Å²) in [6.07, 6.45) is 2.78. The van der Waals surface area contributed by atoms with Crippen LogP contribution in [-0.4, -0.2) is 35.6 Å². The van der Waals surface area contributed by atoms with Crippen molar-refractivity contribution in [2.24, 2.45) is 11.8 Å². The van der Waals surface area contributed by atoms with Gasteiger partial charge in [-0.25, -0.2) is 0 Å². The van der Waals surface area contributed by atoms with Gasteiger partial charge in [0.05, 0.1) is 5.54 Å². The van der Waals surface area contributed by atoms with Gasteiger partial charge in [-0.15, -0.1) is 0 Å². The molecule has 1 aliphatic rings. The predicted octanol–water partition coefficient (Wildman–Crippen LogP) is 1.38. The van der Waals surface area contributed by atoms with Gasteiger partial charge in [-0.3, -0.25) is 9.59 Å². The number of rotatable bonds is 7. The maximum atomic E-state index is 12.1. The molecule has 1 amide bonds. The molecule has 1 saturated heterocycles. The standard InChI is InChI=1S/C14H26N2O3/c1-10(2)7-11(8-12(17)18)9-15-13(19)14(3)5-4-6-16-14/h10-11,16H,4-9H2,1-3H3,(H,15,19)(H,17,18)/t11-,14?/m0/s1. The number of aliphatic carboxylic acids is 1. The van der Waals surface area contributed by atoms with Crippen LogP contribution in [0.25, 0.3) is 0 Å². The quantitative estimate of drug-likeness (QED) is 0.653. The van der Waals surface area contributed by atoms with Gasteiger partial charge in [0.2, 0.25) is 5.91 Å². The maximum Gasteiger partial charge on any atom is 0.303 e. The number of carboxylic acids is 1. The van der Waals surface area contributed by atoms with Gasteiger partial charge in [-0.05, 0) is 44.6 Å². The highest BCUT2D eigenvalue weighted by atomic mass is 16.4. The summed E-state index contributed by atoms with van der Waals surface area (Å²) < 4.78 is 0. The fourth-order valence-corrected chi connectivity index (χ4v) is 2.67. The zero-order valence-corrected chi connectivity index (χ0v) is 12.2. The number of carbonyl (C=O) groups excluding carboxylic acids is 1. The third-order valence-corrected chi connectivity index (χ3v) is 3.69. The van der Waals surface area contributed by atoms with Gasteiger partial charge < -0.3 is 15.7 Å². The highest BCUT2D eigenvalue weighted by Crippen LogP contribution is 2.19. The smallest absolute Gasteiger partial charge is 0.303 e. The normalized spacial score (nSPS) is 24.4. The zero-order valence-electron chi connectivity index (χ0n) is 12.2. The molecular weight excluding hydrogens is 244 g/mol. The Morgan fingerprint density at radius 2 is 2.11 bits per heavy atom. The summed E-state index contributed by atoms with van der Waals surface area (Å²) in [6.45, 7) is 7.35. The number of nitrogens with one attached hydrogen (secondary N) is 2. The first-order valence-electron chi connectivity index (χ1n) is 7.08. The molecule has 1 aliphatic heterocycles. The number of hydrogen-bond acceptors (Lipinski definition) is 3. The second-order valence-electron chi connectivity index (χ2n) is 6.17. The van der Waals surface area contributed by atoms with Crippen LogP contribution in [0.2, 0.25) is 0 Å². The van der Waals surface area contributed by atoms with Crippen molar-refractivity contribution >= 4 is 11.9 Å². The lowest BCUT2D eigenvalue weighted by Crippen LogP contribution is -2.52. The summed E-state index contributed by atoms with van der Waals surface area (Å²) in [5, 5.41) is 15.0. The highest BCUT2D eigenvalue weighted by Gasteiger charge is 2.35. The molecule has 0 spiro atoms. The van der Waals surface area contributed by atoms with E-state index in [-0.39, 0.29) is 18.2 Å². The highest BCUT2D eigenvalue weighted by molar-refractivity contribution is 5.86. The number of amides is 1. The van der Waals surface area contributed by atoms with E-state index >= 15 is 0 Å². The first-order chi connectivity index (χ1) is 8.83. The second-order valence-corrected chi connectivity index (χ2v) is 6.17. The van der Waals surface area contributed by atoms with E-state index in [0.717, 1.165) is 25.8 Å². The minimum atomic E-state index is -0.801. The molecule has 0 aromatic carbocycles. The molecule has 1 rings (SSSR count). The third-order valence-electron chi connectivity index (χ3n) is 3.69. The van der Waals surface area contributed by atoms with Crippen LogP contribution in [0.15, 0.2) is 0 Å². The molecule has 0 aliphatic carbocycles. The fourth-order valence-electron chi connectivity index (χ4n) is 2.67. The molecule has 110 valence electrons. The predicted molar refractivity (Wildman–Crippen MR) is 73.8 cm³/mol. The summed E-state index contributed by atoms with van der Waals surface area (Å²) in [6, 6.07) is 0. The van der Waals surface area contributed by atoms with Crippen LogP contribution in [0, 0.1) is 11.8 Å². The first kappa shape index (κ1) is 16.0. The molecule has 0 aromatic rings. The maximum absolute atomic E-state index is 12.1. The Labute approximate surface area is 115 Å². The molecule has 2 atom stereocenters. The van der Waals surface area contributed by atoms with Crippen LogP contribution in [0.4, 0.5) is 0 Å². The summed E-state index contributed by atoms with van der Waals surface area (Å²) >= 11 is 0. The van der Waals surface area contributed by atoms with Gasteiger partial charge >= 0.3 is 5.97 Å². The number of hydrogen-bond donors (Lipinski definition) is 3. The molecule has 0 aromatic heterocycles. The van der Waals surface area contributed by atoms with E-state index in [9.17, 15) is 9.59 Å². The average molecular weight is 270 g/mol. The Hall–Kier alpha value is -1.10. The van der Waals surface area contributed by atoms with Crippen molar-refractivity contribution in [2.45, 2.75) is 52.0 Å². The zero-order chi connectivity index (χ0) is 14.5. The molecule has 1 fully saturated rings. The largest absolute Gasteiger partial charge is 0.481 e. The van der Waals surface area contributed by atoms with Crippen LogP contribution >= 0.6 is 0 Å². The van der Waals surface area contributed by atoms with Crippen LogP contribution in [0.1, 0.15) is 46.5 Å². The van der Waals surface area contributed by atoms with E-state index in [1.165, 1.54) is 0 Å². The number of carbonyl (C=O) groups is 2. The monoisotopic (exact) mass is 270 g/mol. The van der Waals surface area contributed by atoms with E-state index in [1.54, 1.807) is 0 Å². The Bertz CT molecular complexity index is 323. The molecule has 19 heavy (non-hydrogen) atoms. The van der Waals surface area contributed by atoms with Crippen molar-refractivity contribution < 1.29 is 14.7 Å². The summed E-state index contributed by atoms with van der Waals surface area (Å²) in [5.41, 5.74) is -0.481. The summed E-state index contributed by atoms with van der Waals surface area (Å²) in [4.78, 5) is 23.0. The topological polar surface area (TPSA) is 78.4 Å². The van der Waals surface area contributed by atoms with Crippen LogP contribution in [-0.2, 0) is 9.59 Å². The molecule has 0 radical (unpaired) electrons. The Morgan fingerprint density at radius 1 is 1.42 bits per heavy atom. The van der Waals surface area contributed by atoms with E-state index in [2.05, 4.69) is 24.5 Å². The summed E-state index contributed by atoms with van der Waals surface area (Å²) in [5.74, 6) is -0.373. The Balaban J connectivity index is 2.46. The van der Waals surface area contributed by atoms with Gasteiger partial charge in [0.15, 0.2) is 0 Å². The van der Waals surface area contributed by atoms with Crippen molar-refractivity contribution in [3.05, 3.63) is 0 Å². The molecular formula is C14H26N2O3. The molecule has 1 unspecified atom stereocenters. The molecule has 1 heterocycles. The number of carboxylic acid groups (broad SMARTS) is 1. The van der Waals surface area contributed by atoms with Crippen LogP contribution in [0.3, 0.4) is 0 Å². The van der Waals surface area contributed by atoms with Crippen LogP contribution < -0.4 is 10.6 Å². The average Bonchev–Trinajstić information content (AvgIpc) is 2.72. The third kappa shape index (κ3) is 5.19. The lowest BCUT2D eigenvalue weighted by molar-refractivity contribution is -0.138. The van der Waals surface area contributed by atoms with Gasteiger partial charge in [0.1, 0.15) is 0 Å². The van der Waals surface area contributed by atoms with E-state index < -0.39 is 11.5 Å². The van der Waals surface area contributed by atoms with Crippen molar-refractivity contribution in [1.29, 1.82) is 0 Å². The fraction of sp³-hybridized carbons (Fsp3) is 0.857. The van der Waals surface area contributed by atoms with Crippen molar-refractivity contribution in [3.8, 4) is 0 Å². The molecule has 5 heteroatoms. The van der Waals surface area contributed by atoms with E-state index in [1.807, 2.05) is 6.92 Å². The molecule has 0 bridgehead atoms. The van der Waals surface area contributed by atoms with Gasteiger partial charge in [0.25, 0.3) is 0 Å². The SMILES string of the molecule is CC(C)C[C@H](CNC(=O)C1(C)CCCN1)CC(=O)O. The second kappa shape index (κ2) is 6.89. The lowest BCUT2D eigenvalue weighted by Gasteiger charge is -2.25. The van der Waals surface area contributed by atoms with Crippen molar-refractivity contribution in [1.82, 2.24) is 10.6 Å². The molecule has 0 saturated carbocycles. The van der Waals surface area contributed by atoms with Crippen molar-refractivity contribution in [3.63, 3.8) is 0 Å².